The summed E-state index contributed by atoms with van der Waals surface area (Å²) >= 11 is 0. The van der Waals surface area contributed by atoms with Gasteiger partial charge in [-0.2, -0.15) is 0 Å². The minimum Gasteiger partial charge on any atom is -0.316 e. The van der Waals surface area contributed by atoms with Gasteiger partial charge in [0.15, 0.2) is 0 Å². The highest BCUT2D eigenvalue weighted by molar-refractivity contribution is 5.85. The Morgan fingerprint density at radius 1 is 1.29 bits per heavy atom. The lowest BCUT2D eigenvalue weighted by molar-refractivity contribution is 0.815. The van der Waals surface area contributed by atoms with Gasteiger partial charge in [-0.3, -0.25) is 4.98 Å². The van der Waals surface area contributed by atoms with Crippen molar-refractivity contribution in [3.05, 3.63) is 42.1 Å². The molecule has 0 unspecified atom stereocenters. The summed E-state index contributed by atoms with van der Waals surface area (Å²) in [7, 11) is 1.94. The first-order valence-electron chi connectivity index (χ1n) is 4.38. The fraction of sp³-hybridized carbons (Fsp3) is 0.182. The number of pyridine rings is 1. The van der Waals surface area contributed by atoms with E-state index in [0.29, 0.717) is 0 Å². The number of hydrogen-bond donors (Lipinski definition) is 1. The van der Waals surface area contributed by atoms with Crippen molar-refractivity contribution in [2.45, 2.75) is 6.54 Å². The number of para-hydroxylation sites is 1. The van der Waals surface area contributed by atoms with E-state index in [1.807, 2.05) is 31.4 Å². The molecule has 0 amide bonds. The summed E-state index contributed by atoms with van der Waals surface area (Å²) in [5, 5.41) is 4.31. The molecule has 74 valence electrons. The molecule has 0 saturated carbocycles. The van der Waals surface area contributed by atoms with Crippen molar-refractivity contribution in [1.29, 1.82) is 0 Å². The molecule has 0 aliphatic rings. The van der Waals surface area contributed by atoms with Crippen LogP contribution in [0.25, 0.3) is 10.9 Å². The number of nitrogens with one attached hydrogen (secondary N) is 1. The minimum absolute atomic E-state index is 0. The summed E-state index contributed by atoms with van der Waals surface area (Å²) in [5.74, 6) is 0. The van der Waals surface area contributed by atoms with Crippen LogP contribution in [-0.2, 0) is 6.54 Å². The molecule has 3 heteroatoms. The lowest BCUT2D eigenvalue weighted by atomic mass is 10.1. The van der Waals surface area contributed by atoms with E-state index in [4.69, 9.17) is 0 Å². The minimum atomic E-state index is 0. The Morgan fingerprint density at radius 3 is 2.86 bits per heavy atom. The monoisotopic (exact) mass is 208 g/mol. The van der Waals surface area contributed by atoms with Crippen LogP contribution < -0.4 is 5.32 Å². The van der Waals surface area contributed by atoms with Gasteiger partial charge in [0.25, 0.3) is 0 Å². The second-order valence-corrected chi connectivity index (χ2v) is 3.07. The molecule has 0 aliphatic heterocycles. The van der Waals surface area contributed by atoms with Gasteiger partial charge >= 0.3 is 0 Å². The zero-order chi connectivity index (χ0) is 9.10. The van der Waals surface area contributed by atoms with E-state index in [1.165, 1.54) is 10.9 Å². The summed E-state index contributed by atoms with van der Waals surface area (Å²) in [5.41, 5.74) is 2.28. The third-order valence-corrected chi connectivity index (χ3v) is 2.03. The van der Waals surface area contributed by atoms with Crippen LogP contribution in [0.15, 0.2) is 36.5 Å². The van der Waals surface area contributed by atoms with Crippen LogP contribution >= 0.6 is 12.4 Å². The summed E-state index contributed by atoms with van der Waals surface area (Å²) in [6.45, 7) is 0.873. The molecule has 1 heterocycles. The highest BCUT2D eigenvalue weighted by Gasteiger charge is 1.95. The van der Waals surface area contributed by atoms with E-state index in [-0.39, 0.29) is 12.4 Å². The quantitative estimate of drug-likeness (QED) is 0.820. The molecule has 0 bridgehead atoms. The van der Waals surface area contributed by atoms with Crippen molar-refractivity contribution in [3.8, 4) is 0 Å². The van der Waals surface area contributed by atoms with Crippen LogP contribution in [0.1, 0.15) is 5.56 Å². The van der Waals surface area contributed by atoms with E-state index >= 15 is 0 Å². The molecule has 1 aromatic heterocycles. The Labute approximate surface area is 89.8 Å². The summed E-state index contributed by atoms with van der Waals surface area (Å²) in [6, 6.07) is 10.3. The normalized spacial score (nSPS) is 9.79. The largest absolute Gasteiger partial charge is 0.316 e. The van der Waals surface area contributed by atoms with Gasteiger partial charge in [0, 0.05) is 18.1 Å². The van der Waals surface area contributed by atoms with E-state index in [2.05, 4.69) is 22.4 Å². The SMILES string of the molecule is CNCc1cnc2ccccc2c1.Cl. The summed E-state index contributed by atoms with van der Waals surface area (Å²) in [4.78, 5) is 4.36. The second-order valence-electron chi connectivity index (χ2n) is 3.07. The molecule has 0 saturated heterocycles. The average Bonchev–Trinajstić information content (AvgIpc) is 2.18. The fourth-order valence-corrected chi connectivity index (χ4v) is 1.42. The molecule has 0 radical (unpaired) electrons. The zero-order valence-electron chi connectivity index (χ0n) is 8.03. The van der Waals surface area contributed by atoms with Gasteiger partial charge in [-0.15, -0.1) is 12.4 Å². The Morgan fingerprint density at radius 2 is 2.07 bits per heavy atom. The second kappa shape index (κ2) is 4.94. The number of benzene rings is 1. The van der Waals surface area contributed by atoms with E-state index < -0.39 is 0 Å². The third kappa shape index (κ3) is 2.22. The van der Waals surface area contributed by atoms with Crippen LogP contribution in [0.5, 0.6) is 0 Å². The number of fused-ring (bicyclic) bond motifs is 1. The van der Waals surface area contributed by atoms with Crippen molar-refractivity contribution >= 4 is 23.3 Å². The van der Waals surface area contributed by atoms with Crippen LogP contribution in [-0.4, -0.2) is 12.0 Å². The van der Waals surface area contributed by atoms with Crippen LogP contribution in [0.3, 0.4) is 0 Å². The van der Waals surface area contributed by atoms with Gasteiger partial charge in [-0.05, 0) is 24.7 Å². The number of rotatable bonds is 2. The van der Waals surface area contributed by atoms with E-state index in [1.54, 1.807) is 0 Å². The molecular formula is C11H13ClN2. The van der Waals surface area contributed by atoms with Crippen molar-refractivity contribution < 1.29 is 0 Å². The molecule has 0 spiro atoms. The molecular weight excluding hydrogens is 196 g/mol. The molecule has 2 rings (SSSR count). The standard InChI is InChI=1S/C11H12N2.ClH/c1-12-7-9-6-10-4-2-3-5-11(10)13-8-9;/h2-6,8,12H,7H2,1H3;1H. The Bertz CT molecular complexity index is 415. The van der Waals surface area contributed by atoms with Crippen molar-refractivity contribution in [1.82, 2.24) is 10.3 Å². The van der Waals surface area contributed by atoms with Crippen LogP contribution in [0.2, 0.25) is 0 Å². The maximum absolute atomic E-state index is 4.36. The molecule has 1 N–H and O–H groups in total. The highest BCUT2D eigenvalue weighted by atomic mass is 35.5. The zero-order valence-corrected chi connectivity index (χ0v) is 8.84. The van der Waals surface area contributed by atoms with Crippen LogP contribution in [0, 0.1) is 0 Å². The molecule has 1 aromatic carbocycles. The smallest absolute Gasteiger partial charge is 0.0702 e. The lowest BCUT2D eigenvalue weighted by Gasteiger charge is -2.01. The fourth-order valence-electron chi connectivity index (χ4n) is 1.42. The van der Waals surface area contributed by atoms with Gasteiger partial charge in [-0.25, -0.2) is 0 Å². The predicted octanol–water partition coefficient (Wildman–Crippen LogP) is 2.38. The van der Waals surface area contributed by atoms with Gasteiger partial charge < -0.3 is 5.32 Å². The Hall–Kier alpha value is -1.12. The van der Waals surface area contributed by atoms with Crippen molar-refractivity contribution in [3.63, 3.8) is 0 Å². The average molecular weight is 209 g/mol. The molecule has 14 heavy (non-hydrogen) atoms. The molecule has 2 nitrogen and oxygen atoms in total. The number of halogens is 1. The van der Waals surface area contributed by atoms with E-state index in [9.17, 15) is 0 Å². The molecule has 0 fully saturated rings. The van der Waals surface area contributed by atoms with Crippen molar-refractivity contribution in [2.24, 2.45) is 0 Å². The molecule has 0 atom stereocenters. The lowest BCUT2D eigenvalue weighted by Crippen LogP contribution is -2.05. The molecule has 2 aromatic rings. The van der Waals surface area contributed by atoms with Gasteiger partial charge in [-0.1, -0.05) is 18.2 Å². The maximum Gasteiger partial charge on any atom is 0.0702 e. The first kappa shape index (κ1) is 11.0. The molecule has 0 aliphatic carbocycles. The number of nitrogens with zero attached hydrogens (tertiary/aromatic N) is 1. The maximum atomic E-state index is 4.36. The Balaban J connectivity index is 0.000000980. The van der Waals surface area contributed by atoms with Gasteiger partial charge in [0.2, 0.25) is 0 Å². The van der Waals surface area contributed by atoms with E-state index in [0.717, 1.165) is 12.1 Å². The highest BCUT2D eigenvalue weighted by Crippen LogP contribution is 2.12. The first-order chi connectivity index (χ1) is 6.40. The van der Waals surface area contributed by atoms with Gasteiger partial charge in [0.05, 0.1) is 5.52 Å². The third-order valence-electron chi connectivity index (χ3n) is 2.03. The number of hydrogen-bond acceptors (Lipinski definition) is 2. The topological polar surface area (TPSA) is 24.9 Å². The van der Waals surface area contributed by atoms with Crippen LogP contribution in [0.4, 0.5) is 0 Å². The first-order valence-corrected chi connectivity index (χ1v) is 4.38. The summed E-state index contributed by atoms with van der Waals surface area (Å²) in [6.07, 6.45) is 1.92. The predicted molar refractivity (Wildman–Crippen MR) is 61.8 cm³/mol. The van der Waals surface area contributed by atoms with Gasteiger partial charge in [0.1, 0.15) is 0 Å². The summed E-state index contributed by atoms with van der Waals surface area (Å²) < 4.78 is 0. The number of aromatic nitrogens is 1. The Kier molecular flexibility index (Phi) is 3.86. The van der Waals surface area contributed by atoms with Crippen molar-refractivity contribution in [2.75, 3.05) is 7.05 Å².